The zero-order chi connectivity index (χ0) is 18.2. The molecule has 1 aliphatic heterocycles. The second-order valence-corrected chi connectivity index (χ2v) is 6.51. The highest BCUT2D eigenvalue weighted by molar-refractivity contribution is 5.60. The summed E-state index contributed by atoms with van der Waals surface area (Å²) in [4.78, 5) is 16.1. The second-order valence-electron chi connectivity index (χ2n) is 6.51. The van der Waals surface area contributed by atoms with Crippen molar-refractivity contribution < 1.29 is 4.74 Å². The van der Waals surface area contributed by atoms with E-state index < -0.39 is 0 Å². The predicted molar refractivity (Wildman–Crippen MR) is 104 cm³/mol. The van der Waals surface area contributed by atoms with Crippen LogP contribution in [0.1, 0.15) is 20.3 Å². The van der Waals surface area contributed by atoms with E-state index in [9.17, 15) is 0 Å². The third-order valence-electron chi connectivity index (χ3n) is 4.48. The van der Waals surface area contributed by atoms with Gasteiger partial charge < -0.3 is 15.4 Å². The molecule has 2 N–H and O–H groups in total. The van der Waals surface area contributed by atoms with Crippen LogP contribution < -0.4 is 10.6 Å². The molecule has 1 fully saturated rings. The van der Waals surface area contributed by atoms with Gasteiger partial charge in [0.25, 0.3) is 0 Å². The summed E-state index contributed by atoms with van der Waals surface area (Å²) in [6.07, 6.45) is 2.79. The first-order chi connectivity index (χ1) is 12.7. The van der Waals surface area contributed by atoms with Gasteiger partial charge in [0.15, 0.2) is 0 Å². The van der Waals surface area contributed by atoms with Crippen molar-refractivity contribution in [2.45, 2.75) is 26.3 Å². The minimum Gasteiger partial charge on any atom is -0.379 e. The quantitative estimate of drug-likeness (QED) is 0.752. The van der Waals surface area contributed by atoms with Crippen LogP contribution in [0.5, 0.6) is 0 Å². The van der Waals surface area contributed by atoms with Crippen molar-refractivity contribution in [3.05, 3.63) is 30.5 Å². The van der Waals surface area contributed by atoms with Gasteiger partial charge in [-0.25, -0.2) is 4.98 Å². The Morgan fingerprint density at radius 2 is 2.04 bits per heavy atom. The van der Waals surface area contributed by atoms with E-state index in [2.05, 4.69) is 44.3 Å². The molecular formula is C19H28N6O. The normalized spacial score (nSPS) is 16.2. The number of rotatable bonds is 8. The van der Waals surface area contributed by atoms with Crippen LogP contribution in [0.3, 0.4) is 0 Å². The molecule has 2 aromatic rings. The number of hydrogen-bond acceptors (Lipinski definition) is 7. The summed E-state index contributed by atoms with van der Waals surface area (Å²) >= 11 is 0. The van der Waals surface area contributed by atoms with Gasteiger partial charge in [-0.2, -0.15) is 4.98 Å². The molecule has 0 saturated carbocycles. The minimum atomic E-state index is 0.315. The molecule has 0 spiro atoms. The molecule has 1 saturated heterocycles. The largest absolute Gasteiger partial charge is 0.379 e. The number of hydrogen-bond donors (Lipinski definition) is 2. The molecule has 0 aromatic carbocycles. The lowest BCUT2D eigenvalue weighted by molar-refractivity contribution is 0.0398. The zero-order valence-corrected chi connectivity index (χ0v) is 15.6. The molecule has 0 unspecified atom stereocenters. The maximum atomic E-state index is 5.39. The Kier molecular flexibility index (Phi) is 6.74. The van der Waals surface area contributed by atoms with Crippen molar-refractivity contribution in [2.24, 2.45) is 0 Å². The smallest absolute Gasteiger partial charge is 0.225 e. The molecule has 0 radical (unpaired) electrons. The summed E-state index contributed by atoms with van der Waals surface area (Å²) in [5.41, 5.74) is 1.67. The Bertz CT molecular complexity index is 675. The van der Waals surface area contributed by atoms with Crippen molar-refractivity contribution in [2.75, 3.05) is 50.0 Å². The molecule has 1 atom stereocenters. The summed E-state index contributed by atoms with van der Waals surface area (Å²) in [6.45, 7) is 9.70. The van der Waals surface area contributed by atoms with Crippen LogP contribution in [0.4, 0.5) is 11.8 Å². The molecular weight excluding hydrogens is 328 g/mol. The Morgan fingerprint density at radius 1 is 1.19 bits per heavy atom. The fraction of sp³-hybridized carbons (Fsp3) is 0.526. The highest BCUT2D eigenvalue weighted by atomic mass is 16.5. The van der Waals surface area contributed by atoms with E-state index in [0.29, 0.717) is 12.0 Å². The number of nitrogens with zero attached hydrogens (tertiary/aromatic N) is 4. The van der Waals surface area contributed by atoms with Crippen molar-refractivity contribution >= 4 is 11.8 Å². The molecule has 2 aromatic heterocycles. The monoisotopic (exact) mass is 356 g/mol. The average Bonchev–Trinajstić information content (AvgIpc) is 2.69. The average molecular weight is 356 g/mol. The number of morpholine rings is 1. The number of nitrogens with one attached hydrogen (secondary N) is 2. The van der Waals surface area contributed by atoms with Gasteiger partial charge in [-0.15, -0.1) is 0 Å². The molecule has 140 valence electrons. The SMILES string of the molecule is CC[C@@H](C)Nc1nc(NCCN2CCOCC2)cc(-c2ccccn2)n1. The summed E-state index contributed by atoms with van der Waals surface area (Å²) in [5.74, 6) is 1.45. The first kappa shape index (κ1) is 18.5. The molecule has 7 heteroatoms. The van der Waals surface area contributed by atoms with Gasteiger partial charge in [-0.05, 0) is 25.5 Å². The zero-order valence-electron chi connectivity index (χ0n) is 15.6. The van der Waals surface area contributed by atoms with Crippen LogP contribution in [0.15, 0.2) is 30.5 Å². The van der Waals surface area contributed by atoms with Crippen LogP contribution in [0, 0.1) is 0 Å². The highest BCUT2D eigenvalue weighted by Crippen LogP contribution is 2.20. The molecule has 3 rings (SSSR count). The standard InChI is InChI=1S/C19H28N6O/c1-3-15(2)22-19-23-17(16-6-4-5-7-20-16)14-18(24-19)21-8-9-25-10-12-26-13-11-25/h4-7,14-15H,3,8-13H2,1-2H3,(H2,21,22,23,24)/t15-/m1/s1. The molecule has 1 aliphatic rings. The number of ether oxygens (including phenoxy) is 1. The minimum absolute atomic E-state index is 0.315. The molecule has 0 bridgehead atoms. The van der Waals surface area contributed by atoms with Crippen LogP contribution in [0.25, 0.3) is 11.4 Å². The van der Waals surface area contributed by atoms with Crippen molar-refractivity contribution in [3.63, 3.8) is 0 Å². The van der Waals surface area contributed by atoms with Crippen molar-refractivity contribution in [1.82, 2.24) is 19.9 Å². The summed E-state index contributed by atoms with van der Waals surface area (Å²) in [5, 5.41) is 6.80. The van der Waals surface area contributed by atoms with Crippen molar-refractivity contribution in [3.8, 4) is 11.4 Å². The molecule has 3 heterocycles. The van der Waals surface area contributed by atoms with E-state index in [1.807, 2.05) is 24.3 Å². The van der Waals surface area contributed by atoms with E-state index in [0.717, 1.165) is 63.0 Å². The fourth-order valence-corrected chi connectivity index (χ4v) is 2.74. The number of anilines is 2. The molecule has 26 heavy (non-hydrogen) atoms. The van der Waals surface area contributed by atoms with Crippen LogP contribution in [-0.4, -0.2) is 65.3 Å². The highest BCUT2D eigenvalue weighted by Gasteiger charge is 2.11. The Balaban J connectivity index is 1.71. The summed E-state index contributed by atoms with van der Waals surface area (Å²) in [7, 11) is 0. The number of pyridine rings is 1. The summed E-state index contributed by atoms with van der Waals surface area (Å²) in [6, 6.07) is 8.12. The van der Waals surface area contributed by atoms with Gasteiger partial charge in [-0.3, -0.25) is 9.88 Å². The lowest BCUT2D eigenvalue weighted by Crippen LogP contribution is -2.39. The fourth-order valence-electron chi connectivity index (χ4n) is 2.74. The Labute approximate surface area is 155 Å². The number of aromatic nitrogens is 3. The molecule has 7 nitrogen and oxygen atoms in total. The van der Waals surface area contributed by atoms with Crippen LogP contribution >= 0.6 is 0 Å². The van der Waals surface area contributed by atoms with E-state index in [1.54, 1.807) is 6.20 Å². The van der Waals surface area contributed by atoms with Gasteiger partial charge in [-0.1, -0.05) is 13.0 Å². The third-order valence-corrected chi connectivity index (χ3v) is 4.48. The van der Waals surface area contributed by atoms with Crippen molar-refractivity contribution in [1.29, 1.82) is 0 Å². The third kappa shape index (κ3) is 5.37. The van der Waals surface area contributed by atoms with Gasteiger partial charge >= 0.3 is 0 Å². The van der Waals surface area contributed by atoms with Crippen LogP contribution in [0.2, 0.25) is 0 Å². The predicted octanol–water partition coefficient (Wildman–Crippen LogP) is 2.49. The van der Waals surface area contributed by atoms with Gasteiger partial charge in [0, 0.05) is 44.5 Å². The Hall–Kier alpha value is -2.25. The lowest BCUT2D eigenvalue weighted by Gasteiger charge is -2.26. The Morgan fingerprint density at radius 3 is 2.77 bits per heavy atom. The lowest BCUT2D eigenvalue weighted by atomic mass is 10.2. The van der Waals surface area contributed by atoms with E-state index in [1.165, 1.54) is 0 Å². The first-order valence-electron chi connectivity index (χ1n) is 9.35. The molecule has 0 aliphatic carbocycles. The van der Waals surface area contributed by atoms with Gasteiger partial charge in [0.1, 0.15) is 5.82 Å². The maximum absolute atomic E-state index is 5.39. The summed E-state index contributed by atoms with van der Waals surface area (Å²) < 4.78 is 5.39. The van der Waals surface area contributed by atoms with E-state index in [4.69, 9.17) is 4.74 Å². The first-order valence-corrected chi connectivity index (χ1v) is 9.35. The maximum Gasteiger partial charge on any atom is 0.225 e. The van der Waals surface area contributed by atoms with E-state index in [-0.39, 0.29) is 0 Å². The van der Waals surface area contributed by atoms with E-state index >= 15 is 0 Å². The topological polar surface area (TPSA) is 75.2 Å². The second kappa shape index (κ2) is 9.45. The molecule has 0 amide bonds. The van der Waals surface area contributed by atoms with Crippen LogP contribution in [-0.2, 0) is 4.74 Å². The van der Waals surface area contributed by atoms with Gasteiger partial charge in [0.2, 0.25) is 5.95 Å². The van der Waals surface area contributed by atoms with Gasteiger partial charge in [0.05, 0.1) is 24.6 Å².